The summed E-state index contributed by atoms with van der Waals surface area (Å²) in [5, 5.41) is 2.63. The summed E-state index contributed by atoms with van der Waals surface area (Å²) >= 11 is 0. The monoisotopic (exact) mass is 319 g/mol. The lowest BCUT2D eigenvalue weighted by molar-refractivity contribution is -0.119. The summed E-state index contributed by atoms with van der Waals surface area (Å²) < 4.78 is 10.1. The Morgan fingerprint density at radius 3 is 2.39 bits per heavy atom. The second-order valence-electron chi connectivity index (χ2n) is 5.34. The number of hydrogen-bond donors (Lipinski definition) is 1. The molecular formula is C15H17N3O5. The van der Waals surface area contributed by atoms with E-state index < -0.39 is 6.09 Å². The van der Waals surface area contributed by atoms with E-state index in [0.29, 0.717) is 25.4 Å². The predicted octanol–water partition coefficient (Wildman–Crippen LogP) is 1.10. The zero-order valence-electron chi connectivity index (χ0n) is 12.7. The maximum Gasteiger partial charge on any atom is 0.414 e. The third kappa shape index (κ3) is 3.20. The minimum Gasteiger partial charge on any atom is -0.447 e. The van der Waals surface area contributed by atoms with E-state index in [-0.39, 0.29) is 24.6 Å². The molecule has 0 spiro atoms. The summed E-state index contributed by atoms with van der Waals surface area (Å²) in [6, 6.07) is 7.03. The minimum absolute atomic E-state index is 0.165. The lowest BCUT2D eigenvalue weighted by Gasteiger charge is -2.16. The number of hydrogen-bond acceptors (Lipinski definition) is 5. The lowest BCUT2D eigenvalue weighted by atomic mass is 10.2. The molecule has 23 heavy (non-hydrogen) atoms. The Bertz CT molecular complexity index is 631. The SMILES string of the molecule is CC(=O)NCC1CN(c2ccc(N3CCOC3=O)cc2)C(=O)O1. The van der Waals surface area contributed by atoms with Crippen LogP contribution in [0.25, 0.3) is 0 Å². The molecule has 1 atom stereocenters. The van der Waals surface area contributed by atoms with Crippen molar-refractivity contribution in [2.24, 2.45) is 0 Å². The Morgan fingerprint density at radius 2 is 1.83 bits per heavy atom. The quantitative estimate of drug-likeness (QED) is 0.898. The molecule has 2 heterocycles. The Balaban J connectivity index is 1.66. The standard InChI is InChI=1S/C15H17N3O5/c1-10(19)16-8-13-9-18(15(21)23-13)12-4-2-11(3-5-12)17-6-7-22-14(17)20/h2-5,13H,6-9H2,1H3,(H,16,19). The van der Waals surface area contributed by atoms with E-state index in [1.165, 1.54) is 16.7 Å². The predicted molar refractivity (Wildman–Crippen MR) is 81.4 cm³/mol. The maximum atomic E-state index is 11.9. The van der Waals surface area contributed by atoms with Gasteiger partial charge in [0, 0.05) is 18.3 Å². The minimum atomic E-state index is -0.450. The van der Waals surface area contributed by atoms with Crippen molar-refractivity contribution in [1.82, 2.24) is 5.32 Å². The molecule has 0 aliphatic carbocycles. The maximum absolute atomic E-state index is 11.9. The number of benzene rings is 1. The average Bonchev–Trinajstić information content (AvgIpc) is 3.11. The molecule has 1 aromatic carbocycles. The van der Waals surface area contributed by atoms with Crippen LogP contribution in [-0.4, -0.2) is 50.4 Å². The van der Waals surface area contributed by atoms with E-state index in [1.54, 1.807) is 24.3 Å². The average molecular weight is 319 g/mol. The van der Waals surface area contributed by atoms with Crippen molar-refractivity contribution in [2.75, 3.05) is 36.0 Å². The first-order valence-electron chi connectivity index (χ1n) is 7.31. The molecule has 1 aromatic rings. The molecule has 0 aromatic heterocycles. The van der Waals surface area contributed by atoms with Gasteiger partial charge < -0.3 is 14.8 Å². The molecular weight excluding hydrogens is 302 g/mol. The van der Waals surface area contributed by atoms with Gasteiger partial charge in [-0.2, -0.15) is 0 Å². The van der Waals surface area contributed by atoms with Gasteiger partial charge in [-0.05, 0) is 24.3 Å². The zero-order chi connectivity index (χ0) is 16.4. The van der Waals surface area contributed by atoms with Crippen LogP contribution in [0.5, 0.6) is 0 Å². The van der Waals surface area contributed by atoms with Crippen LogP contribution in [0.2, 0.25) is 0 Å². The highest BCUT2D eigenvalue weighted by molar-refractivity contribution is 5.92. The Kier molecular flexibility index (Phi) is 4.05. The van der Waals surface area contributed by atoms with Gasteiger partial charge in [-0.25, -0.2) is 9.59 Å². The molecule has 122 valence electrons. The van der Waals surface area contributed by atoms with Crippen molar-refractivity contribution in [3.05, 3.63) is 24.3 Å². The molecule has 8 heteroatoms. The third-order valence-electron chi connectivity index (χ3n) is 3.69. The number of anilines is 2. The fourth-order valence-corrected chi connectivity index (χ4v) is 2.54. The van der Waals surface area contributed by atoms with Gasteiger partial charge in [-0.1, -0.05) is 0 Å². The second-order valence-corrected chi connectivity index (χ2v) is 5.34. The Morgan fingerprint density at radius 1 is 1.17 bits per heavy atom. The van der Waals surface area contributed by atoms with Crippen molar-refractivity contribution in [3.63, 3.8) is 0 Å². The number of carbonyl (C=O) groups is 3. The van der Waals surface area contributed by atoms with Gasteiger partial charge in [0.2, 0.25) is 5.91 Å². The van der Waals surface area contributed by atoms with Crippen molar-refractivity contribution in [1.29, 1.82) is 0 Å². The van der Waals surface area contributed by atoms with Gasteiger partial charge in [0.05, 0.1) is 19.6 Å². The summed E-state index contributed by atoms with van der Waals surface area (Å²) in [4.78, 5) is 37.4. The molecule has 2 aliphatic rings. The van der Waals surface area contributed by atoms with Crippen molar-refractivity contribution >= 4 is 29.5 Å². The highest BCUT2D eigenvalue weighted by atomic mass is 16.6. The molecule has 0 saturated carbocycles. The highest BCUT2D eigenvalue weighted by Crippen LogP contribution is 2.26. The normalized spacial score (nSPS) is 20.5. The third-order valence-corrected chi connectivity index (χ3v) is 3.69. The number of nitrogens with one attached hydrogen (secondary N) is 1. The van der Waals surface area contributed by atoms with E-state index in [9.17, 15) is 14.4 Å². The molecule has 3 amide bonds. The molecule has 0 radical (unpaired) electrons. The van der Waals surface area contributed by atoms with Crippen LogP contribution < -0.4 is 15.1 Å². The Labute approximate surface area is 132 Å². The van der Waals surface area contributed by atoms with E-state index in [0.717, 1.165) is 5.69 Å². The number of ether oxygens (including phenoxy) is 2. The highest BCUT2D eigenvalue weighted by Gasteiger charge is 2.32. The topological polar surface area (TPSA) is 88.2 Å². The van der Waals surface area contributed by atoms with Gasteiger partial charge in [0.15, 0.2) is 0 Å². The van der Waals surface area contributed by atoms with Crippen molar-refractivity contribution in [2.45, 2.75) is 13.0 Å². The summed E-state index contributed by atoms with van der Waals surface area (Å²) in [6.45, 7) is 2.96. The summed E-state index contributed by atoms with van der Waals surface area (Å²) in [7, 11) is 0. The summed E-state index contributed by atoms with van der Waals surface area (Å²) in [6.07, 6.45) is -1.19. The molecule has 2 saturated heterocycles. The first kappa shape index (κ1) is 15.1. The molecule has 1 N–H and O–H groups in total. The van der Waals surface area contributed by atoms with E-state index in [4.69, 9.17) is 9.47 Å². The van der Waals surface area contributed by atoms with Crippen LogP contribution in [0.1, 0.15) is 6.92 Å². The van der Waals surface area contributed by atoms with Crippen LogP contribution in [0.4, 0.5) is 21.0 Å². The fraction of sp³-hybridized carbons (Fsp3) is 0.400. The van der Waals surface area contributed by atoms with E-state index in [1.807, 2.05) is 0 Å². The van der Waals surface area contributed by atoms with Gasteiger partial charge in [0.1, 0.15) is 12.7 Å². The first-order chi connectivity index (χ1) is 11.0. The molecule has 0 bridgehead atoms. The van der Waals surface area contributed by atoms with E-state index >= 15 is 0 Å². The molecule has 1 unspecified atom stereocenters. The number of nitrogens with zero attached hydrogens (tertiary/aromatic N) is 2. The van der Waals surface area contributed by atoms with E-state index in [2.05, 4.69) is 5.32 Å². The van der Waals surface area contributed by atoms with Crippen LogP contribution in [0.3, 0.4) is 0 Å². The van der Waals surface area contributed by atoms with Crippen molar-refractivity contribution in [3.8, 4) is 0 Å². The van der Waals surface area contributed by atoms with Gasteiger partial charge >= 0.3 is 12.2 Å². The van der Waals surface area contributed by atoms with Crippen LogP contribution in [0, 0.1) is 0 Å². The van der Waals surface area contributed by atoms with Gasteiger partial charge in [-0.15, -0.1) is 0 Å². The smallest absolute Gasteiger partial charge is 0.414 e. The molecule has 8 nitrogen and oxygen atoms in total. The fourth-order valence-electron chi connectivity index (χ4n) is 2.54. The van der Waals surface area contributed by atoms with Crippen LogP contribution >= 0.6 is 0 Å². The number of amides is 3. The second kappa shape index (κ2) is 6.15. The first-order valence-corrected chi connectivity index (χ1v) is 7.31. The lowest BCUT2D eigenvalue weighted by Crippen LogP contribution is -2.33. The number of carbonyl (C=O) groups excluding carboxylic acids is 3. The summed E-state index contributed by atoms with van der Waals surface area (Å²) in [5.41, 5.74) is 1.40. The zero-order valence-corrected chi connectivity index (χ0v) is 12.7. The number of rotatable bonds is 4. The van der Waals surface area contributed by atoms with Crippen molar-refractivity contribution < 1.29 is 23.9 Å². The Hall–Kier alpha value is -2.77. The molecule has 3 rings (SSSR count). The van der Waals surface area contributed by atoms with Crippen LogP contribution in [0.15, 0.2) is 24.3 Å². The number of cyclic esters (lactones) is 2. The molecule has 2 fully saturated rings. The largest absolute Gasteiger partial charge is 0.447 e. The van der Waals surface area contributed by atoms with Gasteiger partial charge in [-0.3, -0.25) is 14.6 Å². The molecule has 2 aliphatic heterocycles. The summed E-state index contributed by atoms with van der Waals surface area (Å²) in [5.74, 6) is -0.165. The van der Waals surface area contributed by atoms with Gasteiger partial charge in [0.25, 0.3) is 0 Å². The van der Waals surface area contributed by atoms with Crippen LogP contribution in [-0.2, 0) is 14.3 Å².